The van der Waals surface area contributed by atoms with Crippen LogP contribution >= 0.6 is 0 Å². The van der Waals surface area contributed by atoms with E-state index in [0.717, 1.165) is 12.8 Å². The molecule has 0 bridgehead atoms. The van der Waals surface area contributed by atoms with Crippen LogP contribution in [0.5, 0.6) is 5.75 Å². The lowest BCUT2D eigenvalue weighted by molar-refractivity contribution is 0.0920. The third-order valence-corrected chi connectivity index (χ3v) is 3.68. The van der Waals surface area contributed by atoms with Gasteiger partial charge in [0.05, 0.1) is 0 Å². The predicted molar refractivity (Wildman–Crippen MR) is 67.0 cm³/mol. The van der Waals surface area contributed by atoms with Crippen LogP contribution in [0.2, 0.25) is 0 Å². The number of carbonyl (C=O) groups is 1. The number of carbonyl (C=O) groups excluding carboxylic acids is 1. The smallest absolute Gasteiger partial charge is 0.258 e. The molecule has 3 nitrogen and oxygen atoms in total. The summed E-state index contributed by atoms with van der Waals surface area (Å²) in [6, 6.07) is 3.88. The third-order valence-electron chi connectivity index (χ3n) is 3.68. The molecule has 1 saturated carbocycles. The van der Waals surface area contributed by atoms with Gasteiger partial charge in [0, 0.05) is 6.04 Å². The Morgan fingerprint density at radius 1 is 1.44 bits per heavy atom. The molecular weight excluding hydrogens is 233 g/mol. The van der Waals surface area contributed by atoms with Crippen LogP contribution in [0.15, 0.2) is 18.2 Å². The first-order valence-electron chi connectivity index (χ1n) is 6.38. The summed E-state index contributed by atoms with van der Waals surface area (Å²) >= 11 is 0. The highest BCUT2D eigenvalue weighted by atomic mass is 19.1. The zero-order chi connectivity index (χ0) is 13.1. The molecule has 0 aliphatic heterocycles. The van der Waals surface area contributed by atoms with Crippen molar-refractivity contribution in [3.63, 3.8) is 0 Å². The molecule has 0 saturated heterocycles. The molecule has 0 aromatic heterocycles. The van der Waals surface area contributed by atoms with Crippen molar-refractivity contribution in [2.75, 3.05) is 0 Å². The summed E-state index contributed by atoms with van der Waals surface area (Å²) < 4.78 is 13.5. The Bertz CT molecular complexity index is 421. The number of rotatable bonds is 3. The molecule has 1 aromatic rings. The maximum atomic E-state index is 13.5. The molecule has 1 aliphatic carbocycles. The minimum absolute atomic E-state index is 0.0130. The molecule has 1 aliphatic rings. The lowest BCUT2D eigenvalue weighted by atomic mass is 9.99. The fraction of sp³-hybridized carbons (Fsp3) is 0.500. The van der Waals surface area contributed by atoms with E-state index < -0.39 is 11.7 Å². The maximum Gasteiger partial charge on any atom is 0.258 e. The van der Waals surface area contributed by atoms with Crippen molar-refractivity contribution in [2.24, 2.45) is 5.92 Å². The normalized spacial score (nSPS) is 17.7. The minimum atomic E-state index is -0.689. The first-order chi connectivity index (χ1) is 8.59. The quantitative estimate of drug-likeness (QED) is 0.867. The van der Waals surface area contributed by atoms with Gasteiger partial charge in [-0.15, -0.1) is 0 Å². The van der Waals surface area contributed by atoms with E-state index in [1.807, 2.05) is 6.92 Å². The van der Waals surface area contributed by atoms with Crippen LogP contribution in [0.25, 0.3) is 0 Å². The highest BCUT2D eigenvalue weighted by Gasteiger charge is 2.25. The highest BCUT2D eigenvalue weighted by Crippen LogP contribution is 2.28. The van der Waals surface area contributed by atoms with Gasteiger partial charge in [0.1, 0.15) is 17.1 Å². The Kier molecular flexibility index (Phi) is 3.84. The zero-order valence-electron chi connectivity index (χ0n) is 10.4. The Morgan fingerprint density at radius 2 is 2.11 bits per heavy atom. The first kappa shape index (κ1) is 12.9. The molecule has 1 amide bonds. The van der Waals surface area contributed by atoms with E-state index in [4.69, 9.17) is 0 Å². The molecule has 1 unspecified atom stereocenters. The van der Waals surface area contributed by atoms with Gasteiger partial charge in [0.25, 0.3) is 5.91 Å². The highest BCUT2D eigenvalue weighted by molar-refractivity contribution is 5.97. The molecule has 4 heteroatoms. The van der Waals surface area contributed by atoms with Crippen LogP contribution in [-0.4, -0.2) is 17.1 Å². The van der Waals surface area contributed by atoms with E-state index in [1.165, 1.54) is 31.0 Å². The van der Waals surface area contributed by atoms with Crippen LogP contribution in [0, 0.1) is 11.7 Å². The van der Waals surface area contributed by atoms with Gasteiger partial charge in [-0.25, -0.2) is 4.39 Å². The second kappa shape index (κ2) is 5.38. The Morgan fingerprint density at radius 3 is 2.72 bits per heavy atom. The molecule has 1 fully saturated rings. The molecule has 2 rings (SSSR count). The number of hydrogen-bond acceptors (Lipinski definition) is 2. The SMILES string of the molecule is CC(NC(=O)c1c(O)cccc1F)C1CCCC1. The summed E-state index contributed by atoms with van der Waals surface area (Å²) in [5, 5.41) is 12.3. The molecule has 18 heavy (non-hydrogen) atoms. The number of amides is 1. The number of aromatic hydroxyl groups is 1. The standard InChI is InChI=1S/C14H18FNO2/c1-9(10-5-2-3-6-10)16-14(18)13-11(15)7-4-8-12(13)17/h4,7-10,17H,2-3,5-6H2,1H3,(H,16,18). The maximum absolute atomic E-state index is 13.5. The van der Waals surface area contributed by atoms with Gasteiger partial charge in [-0.2, -0.15) is 0 Å². The van der Waals surface area contributed by atoms with Gasteiger partial charge < -0.3 is 10.4 Å². The summed E-state index contributed by atoms with van der Waals surface area (Å²) in [5.74, 6) is -1.08. The lowest BCUT2D eigenvalue weighted by Crippen LogP contribution is -2.37. The number of nitrogens with one attached hydrogen (secondary N) is 1. The second-order valence-corrected chi connectivity index (χ2v) is 4.94. The van der Waals surface area contributed by atoms with Gasteiger partial charge >= 0.3 is 0 Å². The number of benzene rings is 1. The molecular formula is C14H18FNO2. The second-order valence-electron chi connectivity index (χ2n) is 4.94. The fourth-order valence-electron chi connectivity index (χ4n) is 2.59. The van der Waals surface area contributed by atoms with Crippen LogP contribution in [0.1, 0.15) is 43.0 Å². The van der Waals surface area contributed by atoms with E-state index in [0.29, 0.717) is 5.92 Å². The van der Waals surface area contributed by atoms with Crippen molar-refractivity contribution >= 4 is 5.91 Å². The van der Waals surface area contributed by atoms with Crippen molar-refractivity contribution in [1.82, 2.24) is 5.32 Å². The van der Waals surface area contributed by atoms with Crippen LogP contribution in [0.3, 0.4) is 0 Å². The molecule has 0 heterocycles. The third kappa shape index (κ3) is 2.63. The average molecular weight is 251 g/mol. The van der Waals surface area contributed by atoms with E-state index in [-0.39, 0.29) is 17.4 Å². The van der Waals surface area contributed by atoms with Crippen molar-refractivity contribution in [2.45, 2.75) is 38.6 Å². The van der Waals surface area contributed by atoms with Crippen LogP contribution < -0.4 is 5.32 Å². The number of phenolic OH excluding ortho intramolecular Hbond substituents is 1. The lowest BCUT2D eigenvalue weighted by Gasteiger charge is -2.20. The first-order valence-corrected chi connectivity index (χ1v) is 6.38. The summed E-state index contributed by atoms with van der Waals surface area (Å²) in [6.07, 6.45) is 4.58. The van der Waals surface area contributed by atoms with Gasteiger partial charge in [-0.05, 0) is 37.8 Å². The molecule has 0 radical (unpaired) electrons. The van der Waals surface area contributed by atoms with Gasteiger partial charge in [0.15, 0.2) is 0 Å². The monoisotopic (exact) mass is 251 g/mol. The van der Waals surface area contributed by atoms with Crippen LogP contribution in [0.4, 0.5) is 4.39 Å². The minimum Gasteiger partial charge on any atom is -0.507 e. The summed E-state index contributed by atoms with van der Waals surface area (Å²) in [5.41, 5.74) is -0.262. The summed E-state index contributed by atoms with van der Waals surface area (Å²) in [6.45, 7) is 1.94. The molecule has 1 atom stereocenters. The van der Waals surface area contributed by atoms with Gasteiger partial charge in [0.2, 0.25) is 0 Å². The van der Waals surface area contributed by atoms with E-state index in [2.05, 4.69) is 5.32 Å². The summed E-state index contributed by atoms with van der Waals surface area (Å²) in [4.78, 5) is 11.9. The average Bonchev–Trinajstić information content (AvgIpc) is 2.81. The largest absolute Gasteiger partial charge is 0.507 e. The van der Waals surface area contributed by atoms with Gasteiger partial charge in [-0.3, -0.25) is 4.79 Å². The molecule has 98 valence electrons. The van der Waals surface area contributed by atoms with Crippen molar-refractivity contribution < 1.29 is 14.3 Å². The van der Waals surface area contributed by atoms with E-state index >= 15 is 0 Å². The Hall–Kier alpha value is -1.58. The fourth-order valence-corrected chi connectivity index (χ4v) is 2.59. The molecule has 1 aromatic carbocycles. The van der Waals surface area contributed by atoms with E-state index in [1.54, 1.807) is 0 Å². The number of hydrogen-bond donors (Lipinski definition) is 2. The zero-order valence-corrected chi connectivity index (χ0v) is 10.4. The number of halogens is 1. The molecule has 2 N–H and O–H groups in total. The Balaban J connectivity index is 2.07. The van der Waals surface area contributed by atoms with Crippen molar-refractivity contribution in [1.29, 1.82) is 0 Å². The Labute approximate surface area is 106 Å². The van der Waals surface area contributed by atoms with Gasteiger partial charge in [-0.1, -0.05) is 18.9 Å². The van der Waals surface area contributed by atoms with Crippen molar-refractivity contribution in [3.05, 3.63) is 29.6 Å². The molecule has 0 spiro atoms. The van der Waals surface area contributed by atoms with Crippen LogP contribution in [-0.2, 0) is 0 Å². The van der Waals surface area contributed by atoms with Crippen molar-refractivity contribution in [3.8, 4) is 5.75 Å². The predicted octanol–water partition coefficient (Wildman–Crippen LogP) is 2.84. The van der Waals surface area contributed by atoms with E-state index in [9.17, 15) is 14.3 Å². The number of phenols is 1. The topological polar surface area (TPSA) is 49.3 Å². The summed E-state index contributed by atoms with van der Waals surface area (Å²) in [7, 11) is 0.